The molecule has 65 valence electrons. The zero-order valence-electron chi connectivity index (χ0n) is 8.03. The molecule has 1 aromatic rings. The molecule has 4 heteroatoms. The molecule has 0 saturated heterocycles. The van der Waals surface area contributed by atoms with Crippen LogP contribution in [0.3, 0.4) is 0 Å². The molecule has 1 rings (SSSR count). The van der Waals surface area contributed by atoms with Crippen LogP contribution in [0, 0.1) is 0 Å². The van der Waals surface area contributed by atoms with E-state index in [1.165, 1.54) is 6.92 Å². The van der Waals surface area contributed by atoms with E-state index in [9.17, 15) is 4.79 Å². The van der Waals surface area contributed by atoms with Crippen LogP contribution in [-0.4, -0.2) is 64.5 Å². The monoisotopic (exact) mass is 205 g/mol. The molecule has 3 nitrogen and oxygen atoms in total. The minimum Gasteiger partial charge on any atom is -0.497 e. The second kappa shape index (κ2) is 6.56. The molecule has 0 aliphatic heterocycles. The van der Waals surface area contributed by atoms with Gasteiger partial charge in [-0.2, -0.15) is 0 Å². The number of hydrogen-bond donors (Lipinski definition) is 0. The summed E-state index contributed by atoms with van der Waals surface area (Å²) in [5.74, 6) is 0.953. The Kier molecular flexibility index (Phi) is 6.62. The summed E-state index contributed by atoms with van der Waals surface area (Å²) in [5, 5.41) is 0. The Bertz CT molecular complexity index is 269. The van der Waals surface area contributed by atoms with Gasteiger partial charge >= 0.3 is 5.97 Å². The Balaban J connectivity index is 0.00000144. The number of esters is 1. The minimum atomic E-state index is -0.319. The van der Waals surface area contributed by atoms with E-state index >= 15 is 0 Å². The molecule has 0 atom stereocenters. The summed E-state index contributed by atoms with van der Waals surface area (Å²) in [6.07, 6.45) is 0. The number of carbonyl (C=O) groups is 1. The molecular weight excluding hydrogens is 195 g/mol. The van der Waals surface area contributed by atoms with Crippen molar-refractivity contribution in [2.24, 2.45) is 0 Å². The summed E-state index contributed by atoms with van der Waals surface area (Å²) >= 11 is 0. The average molecular weight is 205 g/mol. The molecule has 0 aliphatic carbocycles. The summed E-state index contributed by atoms with van der Waals surface area (Å²) in [4.78, 5) is 10.5. The van der Waals surface area contributed by atoms with Crippen molar-refractivity contribution in [3.05, 3.63) is 24.3 Å². The van der Waals surface area contributed by atoms with Gasteiger partial charge in [0.2, 0.25) is 0 Å². The summed E-state index contributed by atoms with van der Waals surface area (Å²) < 4.78 is 9.75. The summed E-state index contributed by atoms with van der Waals surface area (Å²) in [5.41, 5.74) is 0. The molecule has 0 aromatic heterocycles. The van der Waals surface area contributed by atoms with Crippen LogP contribution in [0.4, 0.5) is 0 Å². The standard InChI is InChI=1S/C9H10O3.K/c1-7(10)12-9-5-3-8(11-2)4-6-9;/h3-6H,1-2H3;. The van der Waals surface area contributed by atoms with E-state index in [1.807, 2.05) is 0 Å². The summed E-state index contributed by atoms with van der Waals surface area (Å²) in [6.45, 7) is 1.37. The maximum Gasteiger partial charge on any atom is 0.308 e. The van der Waals surface area contributed by atoms with Crippen LogP contribution in [0.2, 0.25) is 0 Å². The maximum atomic E-state index is 10.5. The molecular formula is C9H10KO3. The molecule has 0 spiro atoms. The fourth-order valence-corrected chi connectivity index (χ4v) is 0.810. The zero-order chi connectivity index (χ0) is 8.97. The molecule has 0 aliphatic rings. The van der Waals surface area contributed by atoms with Gasteiger partial charge in [0.15, 0.2) is 0 Å². The Labute approximate surface area is 120 Å². The van der Waals surface area contributed by atoms with Crippen molar-refractivity contribution in [3.8, 4) is 11.5 Å². The van der Waals surface area contributed by atoms with Gasteiger partial charge < -0.3 is 9.47 Å². The van der Waals surface area contributed by atoms with E-state index in [0.29, 0.717) is 5.75 Å². The smallest absolute Gasteiger partial charge is 0.308 e. The van der Waals surface area contributed by atoms with Gasteiger partial charge in [0.25, 0.3) is 0 Å². The van der Waals surface area contributed by atoms with Crippen LogP contribution in [0.5, 0.6) is 11.5 Å². The van der Waals surface area contributed by atoms with Crippen molar-refractivity contribution in [1.29, 1.82) is 0 Å². The molecule has 0 saturated carbocycles. The number of rotatable bonds is 2. The van der Waals surface area contributed by atoms with Crippen molar-refractivity contribution in [1.82, 2.24) is 0 Å². The topological polar surface area (TPSA) is 35.5 Å². The van der Waals surface area contributed by atoms with Gasteiger partial charge in [-0.25, -0.2) is 0 Å². The molecule has 0 amide bonds. The number of benzene rings is 1. The molecule has 0 fully saturated rings. The van der Waals surface area contributed by atoms with E-state index in [2.05, 4.69) is 0 Å². The van der Waals surface area contributed by atoms with E-state index in [0.717, 1.165) is 5.75 Å². The van der Waals surface area contributed by atoms with Crippen molar-refractivity contribution in [2.75, 3.05) is 7.11 Å². The van der Waals surface area contributed by atoms with Gasteiger partial charge in [-0.15, -0.1) is 0 Å². The third-order valence-corrected chi connectivity index (χ3v) is 1.32. The fraction of sp³-hybridized carbons (Fsp3) is 0.222. The summed E-state index contributed by atoms with van der Waals surface area (Å²) in [6, 6.07) is 6.83. The van der Waals surface area contributed by atoms with Gasteiger partial charge in [0.1, 0.15) is 11.5 Å². The van der Waals surface area contributed by atoms with Crippen LogP contribution < -0.4 is 9.47 Å². The van der Waals surface area contributed by atoms with Crippen molar-refractivity contribution < 1.29 is 14.3 Å². The van der Waals surface area contributed by atoms with E-state index < -0.39 is 0 Å². The van der Waals surface area contributed by atoms with Crippen LogP contribution in [-0.2, 0) is 4.79 Å². The van der Waals surface area contributed by atoms with Crippen molar-refractivity contribution >= 4 is 57.4 Å². The van der Waals surface area contributed by atoms with Gasteiger partial charge in [0.05, 0.1) is 7.11 Å². The predicted octanol–water partition coefficient (Wildman–Crippen LogP) is 1.24. The van der Waals surface area contributed by atoms with E-state index in [-0.39, 0.29) is 57.4 Å². The van der Waals surface area contributed by atoms with Gasteiger partial charge in [-0.1, -0.05) is 0 Å². The largest absolute Gasteiger partial charge is 0.497 e. The van der Waals surface area contributed by atoms with Gasteiger partial charge in [-0.05, 0) is 24.3 Å². The average Bonchev–Trinajstić information content (AvgIpc) is 2.05. The molecule has 1 aromatic carbocycles. The minimum absolute atomic E-state index is 0. The van der Waals surface area contributed by atoms with Crippen LogP contribution in [0.25, 0.3) is 0 Å². The first kappa shape index (κ1) is 13.1. The third kappa shape index (κ3) is 4.78. The Morgan fingerprint density at radius 1 is 1.15 bits per heavy atom. The van der Waals surface area contributed by atoms with E-state index in [4.69, 9.17) is 9.47 Å². The molecule has 0 unspecified atom stereocenters. The number of ether oxygens (including phenoxy) is 2. The molecule has 0 heterocycles. The molecule has 0 N–H and O–H groups in total. The predicted molar refractivity (Wildman–Crippen MR) is 50.1 cm³/mol. The van der Waals surface area contributed by atoms with Gasteiger partial charge in [0, 0.05) is 58.3 Å². The number of methoxy groups -OCH3 is 1. The maximum absolute atomic E-state index is 10.5. The molecule has 1 radical (unpaired) electrons. The van der Waals surface area contributed by atoms with Crippen LogP contribution >= 0.6 is 0 Å². The van der Waals surface area contributed by atoms with Gasteiger partial charge in [-0.3, -0.25) is 4.79 Å². The fourth-order valence-electron chi connectivity index (χ4n) is 0.810. The molecule has 0 bridgehead atoms. The van der Waals surface area contributed by atoms with E-state index in [1.54, 1.807) is 31.4 Å². The van der Waals surface area contributed by atoms with Crippen molar-refractivity contribution in [2.45, 2.75) is 6.92 Å². The summed E-state index contributed by atoms with van der Waals surface area (Å²) in [7, 11) is 1.58. The number of carbonyl (C=O) groups excluding carboxylic acids is 1. The third-order valence-electron chi connectivity index (χ3n) is 1.32. The number of hydrogen-bond acceptors (Lipinski definition) is 3. The Morgan fingerprint density at radius 2 is 1.62 bits per heavy atom. The van der Waals surface area contributed by atoms with Crippen LogP contribution in [0.15, 0.2) is 24.3 Å². The quantitative estimate of drug-likeness (QED) is 0.414. The first-order valence-corrected chi connectivity index (χ1v) is 3.55. The Morgan fingerprint density at radius 3 is 2.00 bits per heavy atom. The first-order chi connectivity index (χ1) is 5.72. The molecule has 13 heavy (non-hydrogen) atoms. The normalized spacial score (nSPS) is 8.46. The Hall–Kier alpha value is 0.126. The second-order valence-electron chi connectivity index (χ2n) is 2.27. The first-order valence-electron chi connectivity index (χ1n) is 3.55. The van der Waals surface area contributed by atoms with Crippen LogP contribution in [0.1, 0.15) is 6.92 Å². The second-order valence-corrected chi connectivity index (χ2v) is 2.27. The SMILES string of the molecule is COc1ccc(OC(C)=O)cc1.[K]. The zero-order valence-corrected chi connectivity index (χ0v) is 11.2. The van der Waals surface area contributed by atoms with Crippen molar-refractivity contribution in [3.63, 3.8) is 0 Å².